The van der Waals surface area contributed by atoms with Crippen molar-refractivity contribution in [1.29, 1.82) is 0 Å². The molecule has 0 fully saturated rings. The maximum absolute atomic E-state index is 11.6. The molecule has 0 N–H and O–H groups in total. The van der Waals surface area contributed by atoms with Crippen LogP contribution in [-0.2, 0) is 0 Å². The van der Waals surface area contributed by atoms with Gasteiger partial charge in [-0.1, -0.05) is 42.5 Å². The van der Waals surface area contributed by atoms with Gasteiger partial charge in [-0.2, -0.15) is 0 Å². The van der Waals surface area contributed by atoms with E-state index in [1.54, 1.807) is 18.3 Å². The number of fused-ring (bicyclic) bond motifs is 1. The van der Waals surface area contributed by atoms with Gasteiger partial charge in [0.1, 0.15) is 5.52 Å². The Morgan fingerprint density at radius 1 is 1.04 bits per heavy atom. The Morgan fingerprint density at radius 3 is 2.42 bits per heavy atom. The first kappa shape index (κ1) is 15.7. The summed E-state index contributed by atoms with van der Waals surface area (Å²) < 4.78 is 0. The summed E-state index contributed by atoms with van der Waals surface area (Å²) in [4.78, 5) is 17.7. The number of hydrogen-bond donors (Lipinski definition) is 0. The fourth-order valence-corrected chi connectivity index (χ4v) is 2.51. The Labute approximate surface area is 140 Å². The molecule has 0 atom stereocenters. The first-order valence-electron chi connectivity index (χ1n) is 7.54. The highest BCUT2D eigenvalue weighted by Gasteiger charge is 2.19. The van der Waals surface area contributed by atoms with E-state index in [2.05, 4.69) is 4.98 Å². The van der Waals surface area contributed by atoms with E-state index in [4.69, 9.17) is 0 Å². The summed E-state index contributed by atoms with van der Waals surface area (Å²) in [5, 5.41) is 12.4. The average Bonchev–Trinajstić information content (AvgIpc) is 2.59. The topological polar surface area (TPSA) is 59.3 Å². The molecule has 5 nitrogen and oxygen atoms in total. The van der Waals surface area contributed by atoms with Crippen molar-refractivity contribution in [2.75, 3.05) is 14.1 Å². The molecule has 0 bridgehead atoms. The predicted octanol–water partition coefficient (Wildman–Crippen LogP) is 4.34. The molecule has 0 saturated heterocycles. The molecule has 0 spiro atoms. The minimum absolute atomic E-state index is 0.0309. The number of aromatic nitrogens is 1. The normalized spacial score (nSPS) is 11.1. The monoisotopic (exact) mass is 319 g/mol. The number of pyridine rings is 1. The van der Waals surface area contributed by atoms with Crippen molar-refractivity contribution in [3.05, 3.63) is 76.5 Å². The molecular weight excluding hydrogens is 302 g/mol. The van der Waals surface area contributed by atoms with Crippen molar-refractivity contribution in [2.45, 2.75) is 0 Å². The molecule has 0 aliphatic heterocycles. The zero-order valence-corrected chi connectivity index (χ0v) is 13.5. The lowest BCUT2D eigenvalue weighted by atomic mass is 10.1. The minimum atomic E-state index is -0.362. The molecule has 5 heteroatoms. The molecule has 1 heterocycles. The van der Waals surface area contributed by atoms with Crippen LogP contribution in [0.25, 0.3) is 28.2 Å². The summed E-state index contributed by atoms with van der Waals surface area (Å²) in [6.07, 6.45) is 3.52. The molecule has 3 aromatic rings. The van der Waals surface area contributed by atoms with Crippen molar-refractivity contribution in [1.82, 2.24) is 9.88 Å². The third-order valence-electron chi connectivity index (χ3n) is 3.67. The van der Waals surface area contributed by atoms with Gasteiger partial charge in [0, 0.05) is 25.0 Å². The predicted molar refractivity (Wildman–Crippen MR) is 96.6 cm³/mol. The molecule has 0 unspecified atom stereocenters. The quantitative estimate of drug-likeness (QED) is 0.530. The van der Waals surface area contributed by atoms with Gasteiger partial charge >= 0.3 is 5.69 Å². The van der Waals surface area contributed by atoms with Crippen LogP contribution in [0.4, 0.5) is 5.69 Å². The SMILES string of the molecule is CN(C)/C=C/c1ccc2ccc(-c3ccccc3)nc2c1[N+](=O)[O-]. The largest absolute Gasteiger partial charge is 0.383 e. The van der Waals surface area contributed by atoms with Gasteiger partial charge in [-0.3, -0.25) is 10.1 Å². The third-order valence-corrected chi connectivity index (χ3v) is 3.67. The Bertz CT molecular complexity index is 919. The zero-order valence-electron chi connectivity index (χ0n) is 13.5. The van der Waals surface area contributed by atoms with Gasteiger partial charge in [0.05, 0.1) is 16.2 Å². The molecule has 0 radical (unpaired) electrons. The summed E-state index contributed by atoms with van der Waals surface area (Å²) in [7, 11) is 3.74. The molecular formula is C19H17N3O2. The number of nitro groups is 1. The van der Waals surface area contributed by atoms with Crippen LogP contribution in [0.1, 0.15) is 5.56 Å². The fourth-order valence-electron chi connectivity index (χ4n) is 2.51. The molecule has 3 rings (SSSR count). The highest BCUT2D eigenvalue weighted by Crippen LogP contribution is 2.31. The molecule has 1 aromatic heterocycles. The van der Waals surface area contributed by atoms with E-state index in [1.807, 2.05) is 67.5 Å². The van der Waals surface area contributed by atoms with Crippen LogP contribution in [0.15, 0.2) is 60.8 Å². The molecule has 2 aromatic carbocycles. The summed E-state index contributed by atoms with van der Waals surface area (Å²) in [5.41, 5.74) is 2.63. The zero-order chi connectivity index (χ0) is 17.1. The van der Waals surface area contributed by atoms with E-state index in [9.17, 15) is 10.1 Å². The van der Waals surface area contributed by atoms with E-state index in [0.29, 0.717) is 11.1 Å². The van der Waals surface area contributed by atoms with Crippen molar-refractivity contribution in [3.8, 4) is 11.3 Å². The van der Waals surface area contributed by atoms with Crippen LogP contribution in [0.5, 0.6) is 0 Å². The number of nitrogens with zero attached hydrogens (tertiary/aromatic N) is 3. The number of hydrogen-bond acceptors (Lipinski definition) is 4. The third kappa shape index (κ3) is 3.10. The lowest BCUT2D eigenvalue weighted by Crippen LogP contribution is -2.01. The molecule has 0 saturated carbocycles. The van der Waals surface area contributed by atoms with Gasteiger partial charge in [-0.25, -0.2) is 4.98 Å². The number of benzene rings is 2. The molecule has 0 amide bonds. The van der Waals surface area contributed by atoms with Gasteiger partial charge in [0.25, 0.3) is 0 Å². The van der Waals surface area contributed by atoms with Crippen molar-refractivity contribution >= 4 is 22.7 Å². The van der Waals surface area contributed by atoms with E-state index >= 15 is 0 Å². The van der Waals surface area contributed by atoms with Gasteiger partial charge in [-0.05, 0) is 24.4 Å². The fraction of sp³-hybridized carbons (Fsp3) is 0.105. The molecule has 0 aliphatic carbocycles. The summed E-state index contributed by atoms with van der Waals surface area (Å²) in [5.74, 6) is 0. The van der Waals surface area contributed by atoms with Crippen LogP contribution in [0.2, 0.25) is 0 Å². The second-order valence-corrected chi connectivity index (χ2v) is 5.67. The van der Waals surface area contributed by atoms with Crippen LogP contribution >= 0.6 is 0 Å². The standard InChI is InChI=1S/C19H17N3O2/c1-21(2)13-12-16-9-8-15-10-11-17(14-6-4-3-5-7-14)20-18(15)19(16)22(23)24/h3-13H,1-2H3/b13-12+. The number of nitro benzene ring substituents is 1. The Hall–Kier alpha value is -3.21. The Morgan fingerprint density at radius 2 is 1.75 bits per heavy atom. The summed E-state index contributed by atoms with van der Waals surface area (Å²) in [6, 6.07) is 17.0. The van der Waals surface area contributed by atoms with E-state index < -0.39 is 0 Å². The van der Waals surface area contributed by atoms with Crippen LogP contribution < -0.4 is 0 Å². The second-order valence-electron chi connectivity index (χ2n) is 5.67. The van der Waals surface area contributed by atoms with Gasteiger partial charge < -0.3 is 4.90 Å². The average molecular weight is 319 g/mol. The summed E-state index contributed by atoms with van der Waals surface area (Å²) >= 11 is 0. The van der Waals surface area contributed by atoms with E-state index in [-0.39, 0.29) is 10.6 Å². The van der Waals surface area contributed by atoms with E-state index in [1.165, 1.54) is 0 Å². The molecule has 0 aliphatic rings. The van der Waals surface area contributed by atoms with Crippen molar-refractivity contribution in [2.24, 2.45) is 0 Å². The second kappa shape index (κ2) is 6.50. The highest BCUT2D eigenvalue weighted by molar-refractivity contribution is 5.92. The first-order chi connectivity index (χ1) is 11.6. The Balaban J connectivity index is 2.23. The first-order valence-corrected chi connectivity index (χ1v) is 7.54. The number of rotatable bonds is 4. The molecule has 24 heavy (non-hydrogen) atoms. The van der Waals surface area contributed by atoms with Crippen molar-refractivity contribution < 1.29 is 4.92 Å². The Kier molecular flexibility index (Phi) is 4.24. The molecule has 120 valence electrons. The lowest BCUT2D eigenvalue weighted by Gasteiger charge is -2.07. The van der Waals surface area contributed by atoms with Crippen LogP contribution in [0, 0.1) is 10.1 Å². The van der Waals surface area contributed by atoms with Crippen LogP contribution in [0.3, 0.4) is 0 Å². The maximum atomic E-state index is 11.6. The van der Waals surface area contributed by atoms with Crippen molar-refractivity contribution in [3.63, 3.8) is 0 Å². The lowest BCUT2D eigenvalue weighted by molar-refractivity contribution is -0.383. The van der Waals surface area contributed by atoms with Gasteiger partial charge in [-0.15, -0.1) is 0 Å². The summed E-state index contributed by atoms with van der Waals surface area (Å²) in [6.45, 7) is 0. The minimum Gasteiger partial charge on any atom is -0.383 e. The maximum Gasteiger partial charge on any atom is 0.302 e. The smallest absolute Gasteiger partial charge is 0.302 e. The van der Waals surface area contributed by atoms with Gasteiger partial charge in [0.2, 0.25) is 0 Å². The van der Waals surface area contributed by atoms with Gasteiger partial charge in [0.15, 0.2) is 0 Å². The van der Waals surface area contributed by atoms with Crippen LogP contribution in [-0.4, -0.2) is 28.9 Å². The highest BCUT2D eigenvalue weighted by atomic mass is 16.6. The van der Waals surface area contributed by atoms with E-state index in [0.717, 1.165) is 16.6 Å².